The zero-order valence-electron chi connectivity index (χ0n) is 12.0. The standard InChI is InChI=1S/C14H20N4O2/c1-10-4-5-13(20-10)11(2)17-14(19)15-7-6-12-8-16-18(3)9-12/h4-5,8-9,11H,6-7H2,1-3H3,(H2,15,17,19)/t11-/m1/s1. The zero-order valence-corrected chi connectivity index (χ0v) is 12.0. The number of aromatic nitrogens is 2. The maximum Gasteiger partial charge on any atom is 0.315 e. The number of carbonyl (C=O) groups excluding carboxylic acids is 1. The fourth-order valence-electron chi connectivity index (χ4n) is 1.93. The Kier molecular flexibility index (Phi) is 4.45. The highest BCUT2D eigenvalue weighted by atomic mass is 16.3. The molecule has 0 fully saturated rings. The molecule has 6 nitrogen and oxygen atoms in total. The predicted molar refractivity (Wildman–Crippen MR) is 75.3 cm³/mol. The molecule has 2 amide bonds. The number of aryl methyl sites for hydroxylation is 2. The first kappa shape index (κ1) is 14.2. The van der Waals surface area contributed by atoms with Crippen molar-refractivity contribution >= 4 is 6.03 Å². The van der Waals surface area contributed by atoms with Crippen LogP contribution in [-0.4, -0.2) is 22.4 Å². The second-order valence-electron chi connectivity index (χ2n) is 4.84. The van der Waals surface area contributed by atoms with E-state index in [1.54, 1.807) is 10.9 Å². The molecule has 0 saturated heterocycles. The van der Waals surface area contributed by atoms with Crippen LogP contribution in [0.5, 0.6) is 0 Å². The number of hydrogen-bond donors (Lipinski definition) is 2. The molecule has 0 bridgehead atoms. The Balaban J connectivity index is 1.72. The van der Waals surface area contributed by atoms with E-state index in [1.165, 1.54) is 0 Å². The van der Waals surface area contributed by atoms with Crippen molar-refractivity contribution in [3.8, 4) is 0 Å². The van der Waals surface area contributed by atoms with Crippen molar-refractivity contribution in [1.82, 2.24) is 20.4 Å². The van der Waals surface area contributed by atoms with Crippen molar-refractivity contribution in [1.29, 1.82) is 0 Å². The van der Waals surface area contributed by atoms with Crippen molar-refractivity contribution in [3.63, 3.8) is 0 Å². The maximum absolute atomic E-state index is 11.7. The lowest BCUT2D eigenvalue weighted by Crippen LogP contribution is -2.37. The number of nitrogens with one attached hydrogen (secondary N) is 2. The molecule has 2 rings (SSSR count). The van der Waals surface area contributed by atoms with Crippen LogP contribution >= 0.6 is 0 Å². The quantitative estimate of drug-likeness (QED) is 0.876. The highest BCUT2D eigenvalue weighted by Crippen LogP contribution is 2.15. The van der Waals surface area contributed by atoms with E-state index in [4.69, 9.17) is 4.42 Å². The molecule has 2 heterocycles. The SMILES string of the molecule is Cc1ccc([C@@H](C)NC(=O)NCCc2cnn(C)c2)o1. The summed E-state index contributed by atoms with van der Waals surface area (Å²) >= 11 is 0. The summed E-state index contributed by atoms with van der Waals surface area (Å²) < 4.78 is 7.22. The van der Waals surface area contributed by atoms with Crippen LogP contribution in [0.25, 0.3) is 0 Å². The summed E-state index contributed by atoms with van der Waals surface area (Å²) in [6.07, 6.45) is 4.50. The average Bonchev–Trinajstić information content (AvgIpc) is 2.98. The summed E-state index contributed by atoms with van der Waals surface area (Å²) in [5.74, 6) is 1.59. The highest BCUT2D eigenvalue weighted by molar-refractivity contribution is 5.74. The molecular formula is C14H20N4O2. The summed E-state index contributed by atoms with van der Waals surface area (Å²) in [7, 11) is 1.87. The Morgan fingerprint density at radius 3 is 2.90 bits per heavy atom. The molecule has 0 aromatic carbocycles. The lowest BCUT2D eigenvalue weighted by molar-refractivity contribution is 0.236. The lowest BCUT2D eigenvalue weighted by atomic mass is 10.2. The van der Waals surface area contributed by atoms with Gasteiger partial charge >= 0.3 is 6.03 Å². The smallest absolute Gasteiger partial charge is 0.315 e. The summed E-state index contributed by atoms with van der Waals surface area (Å²) in [5.41, 5.74) is 1.10. The van der Waals surface area contributed by atoms with Gasteiger partial charge in [-0.15, -0.1) is 0 Å². The zero-order chi connectivity index (χ0) is 14.5. The molecule has 0 aliphatic heterocycles. The van der Waals surface area contributed by atoms with E-state index in [2.05, 4.69) is 15.7 Å². The van der Waals surface area contributed by atoms with E-state index in [9.17, 15) is 4.79 Å². The molecule has 1 atom stereocenters. The lowest BCUT2D eigenvalue weighted by Gasteiger charge is -2.12. The molecule has 6 heteroatoms. The molecule has 2 aromatic rings. The van der Waals surface area contributed by atoms with Crippen molar-refractivity contribution < 1.29 is 9.21 Å². The van der Waals surface area contributed by atoms with Crippen LogP contribution in [0.4, 0.5) is 4.79 Å². The Morgan fingerprint density at radius 2 is 2.30 bits per heavy atom. The summed E-state index contributed by atoms with van der Waals surface area (Å²) in [4.78, 5) is 11.7. The Labute approximate surface area is 118 Å². The van der Waals surface area contributed by atoms with Gasteiger partial charge in [0.2, 0.25) is 0 Å². The van der Waals surface area contributed by atoms with Crippen molar-refractivity contribution in [2.24, 2.45) is 7.05 Å². The molecule has 0 aliphatic carbocycles. The number of hydrogen-bond acceptors (Lipinski definition) is 3. The van der Waals surface area contributed by atoms with Crippen molar-refractivity contribution in [2.75, 3.05) is 6.54 Å². The number of rotatable bonds is 5. The minimum absolute atomic E-state index is 0.151. The molecule has 0 saturated carbocycles. The van der Waals surface area contributed by atoms with Gasteiger partial charge in [0.25, 0.3) is 0 Å². The number of furan rings is 1. The Bertz CT molecular complexity index is 573. The van der Waals surface area contributed by atoms with E-state index in [0.717, 1.165) is 23.5 Å². The van der Waals surface area contributed by atoms with Crippen molar-refractivity contribution in [2.45, 2.75) is 26.3 Å². The van der Waals surface area contributed by atoms with E-state index in [0.29, 0.717) is 6.54 Å². The number of carbonyl (C=O) groups is 1. The molecular weight excluding hydrogens is 256 g/mol. The van der Waals surface area contributed by atoms with Crippen LogP contribution in [0.15, 0.2) is 28.9 Å². The summed E-state index contributed by atoms with van der Waals surface area (Å²) in [6, 6.07) is 3.40. The molecule has 20 heavy (non-hydrogen) atoms. The van der Waals surface area contributed by atoms with Crippen LogP contribution in [0.1, 0.15) is 30.0 Å². The molecule has 2 N–H and O–H groups in total. The first-order valence-corrected chi connectivity index (χ1v) is 6.63. The highest BCUT2D eigenvalue weighted by Gasteiger charge is 2.12. The summed E-state index contributed by atoms with van der Waals surface area (Å²) in [5, 5.41) is 9.74. The normalized spacial score (nSPS) is 12.2. The third-order valence-corrected chi connectivity index (χ3v) is 2.99. The molecule has 0 radical (unpaired) electrons. The van der Waals surface area contributed by atoms with Gasteiger partial charge in [0.05, 0.1) is 12.2 Å². The van der Waals surface area contributed by atoms with E-state index < -0.39 is 0 Å². The first-order valence-electron chi connectivity index (χ1n) is 6.63. The van der Waals surface area contributed by atoms with Crippen LogP contribution in [0.2, 0.25) is 0 Å². The minimum atomic E-state index is -0.199. The molecule has 0 unspecified atom stereocenters. The van der Waals surface area contributed by atoms with Gasteiger partial charge in [0.1, 0.15) is 11.5 Å². The summed E-state index contributed by atoms with van der Waals surface area (Å²) in [6.45, 7) is 4.34. The third-order valence-electron chi connectivity index (χ3n) is 2.99. The molecule has 108 valence electrons. The van der Waals surface area contributed by atoms with Gasteiger partial charge in [-0.2, -0.15) is 5.10 Å². The van der Waals surface area contributed by atoms with Gasteiger partial charge in [-0.25, -0.2) is 4.79 Å². The first-order chi connectivity index (χ1) is 9.54. The second kappa shape index (κ2) is 6.27. The fraction of sp³-hybridized carbons (Fsp3) is 0.429. The fourth-order valence-corrected chi connectivity index (χ4v) is 1.93. The molecule has 0 spiro atoms. The number of nitrogens with zero attached hydrogens (tertiary/aromatic N) is 2. The molecule has 0 aliphatic rings. The van der Waals surface area contributed by atoms with Crippen LogP contribution in [-0.2, 0) is 13.5 Å². The van der Waals surface area contributed by atoms with Gasteiger partial charge < -0.3 is 15.1 Å². The van der Waals surface area contributed by atoms with Crippen molar-refractivity contribution in [3.05, 3.63) is 41.6 Å². The van der Waals surface area contributed by atoms with Gasteiger partial charge in [-0.3, -0.25) is 4.68 Å². The number of urea groups is 1. The van der Waals surface area contributed by atoms with Gasteiger partial charge in [-0.1, -0.05) is 0 Å². The van der Waals surface area contributed by atoms with Crippen LogP contribution in [0, 0.1) is 6.92 Å². The number of amides is 2. The second-order valence-corrected chi connectivity index (χ2v) is 4.84. The monoisotopic (exact) mass is 276 g/mol. The third kappa shape index (κ3) is 3.88. The van der Waals surface area contributed by atoms with Gasteiger partial charge in [0.15, 0.2) is 0 Å². The molecule has 2 aromatic heterocycles. The average molecular weight is 276 g/mol. The Hall–Kier alpha value is -2.24. The Morgan fingerprint density at radius 1 is 1.50 bits per heavy atom. The van der Waals surface area contributed by atoms with Gasteiger partial charge in [0, 0.05) is 19.8 Å². The van der Waals surface area contributed by atoms with E-state index >= 15 is 0 Å². The predicted octanol–water partition coefficient (Wildman–Crippen LogP) is 1.92. The topological polar surface area (TPSA) is 72.1 Å². The minimum Gasteiger partial charge on any atom is -0.464 e. The van der Waals surface area contributed by atoms with E-state index in [-0.39, 0.29) is 12.1 Å². The van der Waals surface area contributed by atoms with Crippen LogP contribution < -0.4 is 10.6 Å². The van der Waals surface area contributed by atoms with Crippen LogP contribution in [0.3, 0.4) is 0 Å². The maximum atomic E-state index is 11.7. The van der Waals surface area contributed by atoms with E-state index in [1.807, 2.05) is 39.2 Å². The van der Waals surface area contributed by atoms with Gasteiger partial charge in [-0.05, 0) is 38.0 Å². The largest absolute Gasteiger partial charge is 0.464 e.